The number of aryl methyl sites for hydroxylation is 2. The number of nitrogen functional groups attached to an aromatic ring is 1. The van der Waals surface area contributed by atoms with E-state index in [1.807, 2.05) is 6.92 Å². The highest BCUT2D eigenvalue weighted by molar-refractivity contribution is 5.66. The number of hydrogen-bond donors (Lipinski definition) is 5. The van der Waals surface area contributed by atoms with E-state index in [1.165, 1.54) is 0 Å². The Kier molecular flexibility index (Phi) is 4.94. The van der Waals surface area contributed by atoms with E-state index in [4.69, 9.17) is 5.73 Å². The van der Waals surface area contributed by atoms with Crippen molar-refractivity contribution in [3.63, 3.8) is 0 Å². The molecule has 0 radical (unpaired) electrons. The van der Waals surface area contributed by atoms with Crippen LogP contribution in [0.1, 0.15) is 19.0 Å². The molecule has 1 rings (SSSR count). The average molecular weight is 258 g/mol. The topological polar surface area (TPSA) is 117 Å². The lowest BCUT2D eigenvalue weighted by Crippen LogP contribution is -2.49. The van der Waals surface area contributed by atoms with Crippen LogP contribution in [0.15, 0.2) is 0 Å². The second-order valence-electron chi connectivity index (χ2n) is 4.46. The summed E-state index contributed by atoms with van der Waals surface area (Å²) in [5, 5.41) is 35.0. The molecular formula is C11H22N4O3. The van der Waals surface area contributed by atoms with Gasteiger partial charge in [0, 0.05) is 7.05 Å². The molecule has 0 aromatic carbocycles. The number of anilines is 2. The van der Waals surface area contributed by atoms with E-state index in [2.05, 4.69) is 10.4 Å². The van der Waals surface area contributed by atoms with Gasteiger partial charge in [0.2, 0.25) is 0 Å². The predicted octanol–water partition coefficient (Wildman–Crippen LogP) is -0.918. The second kappa shape index (κ2) is 6.03. The lowest BCUT2D eigenvalue weighted by atomic mass is 10.0. The van der Waals surface area contributed by atoms with Gasteiger partial charge in [0.05, 0.1) is 31.2 Å². The van der Waals surface area contributed by atoms with Gasteiger partial charge in [0.15, 0.2) is 0 Å². The van der Waals surface area contributed by atoms with E-state index in [1.54, 1.807) is 11.7 Å². The minimum absolute atomic E-state index is 0.409. The van der Waals surface area contributed by atoms with Crippen LogP contribution in [0, 0.1) is 0 Å². The first-order valence-corrected chi connectivity index (χ1v) is 5.95. The molecule has 0 unspecified atom stereocenters. The first kappa shape index (κ1) is 14.7. The monoisotopic (exact) mass is 258 g/mol. The Hall–Kier alpha value is -1.31. The number of nitrogens with two attached hydrogens (primary N) is 1. The van der Waals surface area contributed by atoms with Gasteiger partial charge in [-0.25, -0.2) is 0 Å². The number of rotatable bonds is 7. The van der Waals surface area contributed by atoms with E-state index < -0.39 is 25.4 Å². The number of hydrogen-bond acceptors (Lipinski definition) is 6. The zero-order valence-electron chi connectivity index (χ0n) is 10.8. The Morgan fingerprint density at radius 3 is 2.28 bits per heavy atom. The fourth-order valence-electron chi connectivity index (χ4n) is 1.69. The van der Waals surface area contributed by atoms with Crippen molar-refractivity contribution in [2.75, 3.05) is 30.9 Å². The molecule has 0 saturated heterocycles. The van der Waals surface area contributed by atoms with E-state index in [0.29, 0.717) is 11.5 Å². The number of aliphatic hydroxyl groups excluding tert-OH is 3. The van der Waals surface area contributed by atoms with Crippen molar-refractivity contribution in [2.45, 2.75) is 25.3 Å². The Morgan fingerprint density at radius 2 is 1.83 bits per heavy atom. The van der Waals surface area contributed by atoms with Crippen LogP contribution >= 0.6 is 0 Å². The van der Waals surface area contributed by atoms with Gasteiger partial charge in [0.1, 0.15) is 11.4 Å². The van der Waals surface area contributed by atoms with E-state index in [9.17, 15) is 15.3 Å². The molecule has 0 saturated carbocycles. The van der Waals surface area contributed by atoms with Crippen molar-refractivity contribution >= 4 is 11.5 Å². The molecule has 1 heterocycles. The average Bonchev–Trinajstić information content (AvgIpc) is 2.64. The smallest absolute Gasteiger partial charge is 0.148 e. The quantitative estimate of drug-likeness (QED) is 0.432. The molecule has 0 amide bonds. The third-order valence-corrected chi connectivity index (χ3v) is 2.94. The summed E-state index contributed by atoms with van der Waals surface area (Å²) in [6.45, 7) is 0.801. The first-order valence-electron chi connectivity index (χ1n) is 5.95. The molecule has 0 aliphatic heterocycles. The maximum atomic E-state index is 9.28. The Bertz CT molecular complexity index is 380. The number of aromatic nitrogens is 2. The SMILES string of the molecule is CCCc1nn(C)c(NC(CO)(CO)CO)c1N. The van der Waals surface area contributed by atoms with Crippen LogP contribution < -0.4 is 11.1 Å². The maximum Gasteiger partial charge on any atom is 0.148 e. The summed E-state index contributed by atoms with van der Waals surface area (Å²) >= 11 is 0. The second-order valence-corrected chi connectivity index (χ2v) is 4.46. The first-order chi connectivity index (χ1) is 8.53. The van der Waals surface area contributed by atoms with Crippen LogP contribution in [-0.2, 0) is 13.5 Å². The minimum Gasteiger partial charge on any atom is -0.394 e. The molecule has 0 aliphatic carbocycles. The summed E-state index contributed by atoms with van der Waals surface area (Å²) in [5.41, 5.74) is 6.02. The van der Waals surface area contributed by atoms with Gasteiger partial charge in [-0.3, -0.25) is 4.68 Å². The van der Waals surface area contributed by atoms with Gasteiger partial charge in [-0.15, -0.1) is 0 Å². The van der Waals surface area contributed by atoms with Crippen molar-refractivity contribution in [2.24, 2.45) is 7.05 Å². The lowest BCUT2D eigenvalue weighted by Gasteiger charge is -2.29. The highest BCUT2D eigenvalue weighted by atomic mass is 16.3. The highest BCUT2D eigenvalue weighted by Crippen LogP contribution is 2.26. The molecule has 1 aromatic rings. The van der Waals surface area contributed by atoms with Gasteiger partial charge in [-0.1, -0.05) is 13.3 Å². The molecule has 1 aromatic heterocycles. The normalized spacial score (nSPS) is 11.8. The molecule has 0 atom stereocenters. The molecule has 6 N–H and O–H groups in total. The molecule has 0 aliphatic rings. The van der Waals surface area contributed by atoms with Crippen LogP contribution in [0.2, 0.25) is 0 Å². The zero-order valence-corrected chi connectivity index (χ0v) is 10.8. The van der Waals surface area contributed by atoms with Gasteiger partial charge in [-0.2, -0.15) is 5.10 Å². The van der Waals surface area contributed by atoms with Crippen molar-refractivity contribution in [1.82, 2.24) is 9.78 Å². The fourth-order valence-corrected chi connectivity index (χ4v) is 1.69. The van der Waals surface area contributed by atoms with Gasteiger partial charge < -0.3 is 26.4 Å². The highest BCUT2D eigenvalue weighted by Gasteiger charge is 2.30. The van der Waals surface area contributed by atoms with Crippen molar-refractivity contribution in [3.8, 4) is 0 Å². The summed E-state index contributed by atoms with van der Waals surface area (Å²) in [4.78, 5) is 0. The molecule has 104 valence electrons. The minimum atomic E-state index is -1.20. The summed E-state index contributed by atoms with van der Waals surface area (Å²) in [7, 11) is 1.72. The van der Waals surface area contributed by atoms with Gasteiger partial charge in [-0.05, 0) is 6.42 Å². The molecule has 7 heteroatoms. The standard InChI is InChI=1S/C11H22N4O3/c1-3-4-8-9(12)10(15(2)14-8)13-11(5-16,6-17)7-18/h13,16-18H,3-7,12H2,1-2H3. The molecule has 18 heavy (non-hydrogen) atoms. The van der Waals surface area contributed by atoms with Crippen LogP contribution in [-0.4, -0.2) is 50.5 Å². The van der Waals surface area contributed by atoms with Crippen molar-refractivity contribution in [3.05, 3.63) is 5.69 Å². The zero-order chi connectivity index (χ0) is 13.8. The Balaban J connectivity index is 3.03. The Morgan fingerprint density at radius 1 is 1.28 bits per heavy atom. The third kappa shape index (κ3) is 2.74. The van der Waals surface area contributed by atoms with Crippen molar-refractivity contribution < 1.29 is 15.3 Å². The summed E-state index contributed by atoms with van der Waals surface area (Å²) in [6, 6.07) is 0. The van der Waals surface area contributed by atoms with Crippen LogP contribution in [0.25, 0.3) is 0 Å². The molecule has 0 spiro atoms. The van der Waals surface area contributed by atoms with Crippen molar-refractivity contribution in [1.29, 1.82) is 0 Å². The predicted molar refractivity (Wildman–Crippen MR) is 69.2 cm³/mol. The van der Waals surface area contributed by atoms with Gasteiger partial charge >= 0.3 is 0 Å². The van der Waals surface area contributed by atoms with E-state index >= 15 is 0 Å². The largest absolute Gasteiger partial charge is 0.394 e. The van der Waals surface area contributed by atoms with Crippen LogP contribution in [0.3, 0.4) is 0 Å². The molecule has 0 bridgehead atoms. The molecule has 0 fully saturated rings. The third-order valence-electron chi connectivity index (χ3n) is 2.94. The maximum absolute atomic E-state index is 9.28. The van der Waals surface area contributed by atoms with Crippen LogP contribution in [0.5, 0.6) is 0 Å². The number of nitrogens with zero attached hydrogens (tertiary/aromatic N) is 2. The number of aliphatic hydroxyl groups is 3. The fraction of sp³-hybridized carbons (Fsp3) is 0.727. The molecule has 7 nitrogen and oxygen atoms in total. The summed E-state index contributed by atoms with van der Waals surface area (Å²) in [6.07, 6.45) is 1.68. The van der Waals surface area contributed by atoms with Gasteiger partial charge in [0.25, 0.3) is 0 Å². The van der Waals surface area contributed by atoms with Crippen LogP contribution in [0.4, 0.5) is 11.5 Å². The summed E-state index contributed by atoms with van der Waals surface area (Å²) in [5.74, 6) is 0.496. The Labute approximate surface area is 106 Å². The van der Waals surface area contributed by atoms with E-state index in [-0.39, 0.29) is 0 Å². The van der Waals surface area contributed by atoms with E-state index in [0.717, 1.165) is 18.5 Å². The lowest BCUT2D eigenvalue weighted by molar-refractivity contribution is 0.0829. The molecular weight excluding hydrogens is 236 g/mol. The summed E-state index contributed by atoms with van der Waals surface area (Å²) < 4.78 is 1.55. The number of nitrogens with one attached hydrogen (secondary N) is 1.